The van der Waals surface area contributed by atoms with Crippen molar-refractivity contribution in [2.75, 3.05) is 13.2 Å². The van der Waals surface area contributed by atoms with Crippen molar-refractivity contribution in [2.24, 2.45) is 5.92 Å². The minimum Gasteiger partial charge on any atom is -0.489 e. The molecule has 1 heterocycles. The van der Waals surface area contributed by atoms with E-state index in [2.05, 4.69) is 79.3 Å². The van der Waals surface area contributed by atoms with E-state index in [-0.39, 0.29) is 17.6 Å². The van der Waals surface area contributed by atoms with Crippen molar-refractivity contribution >= 4 is 18.7 Å². The van der Waals surface area contributed by atoms with Crippen LogP contribution in [0.1, 0.15) is 44.3 Å². The Hall–Kier alpha value is -3.42. The van der Waals surface area contributed by atoms with Gasteiger partial charge in [-0.15, -0.1) is 0 Å². The maximum absolute atomic E-state index is 14.4. The van der Waals surface area contributed by atoms with Gasteiger partial charge in [0.2, 0.25) is 0 Å². The molecule has 1 aliphatic carbocycles. The van der Waals surface area contributed by atoms with Gasteiger partial charge in [-0.1, -0.05) is 81.4 Å². The molecule has 7 heteroatoms. The smallest absolute Gasteiger partial charge is 0.261 e. The minimum absolute atomic E-state index is 0.0158. The van der Waals surface area contributed by atoms with Crippen LogP contribution >= 0.6 is 0 Å². The first-order valence-corrected chi connectivity index (χ1v) is 15.6. The number of nitrogens with zero attached hydrogens (tertiary/aromatic N) is 2. The molecule has 2 atom stereocenters. The molecule has 0 radical (unpaired) electrons. The lowest BCUT2D eigenvalue weighted by Crippen LogP contribution is -2.66. The largest absolute Gasteiger partial charge is 0.489 e. The Labute approximate surface area is 236 Å². The highest BCUT2D eigenvalue weighted by atomic mass is 28.4. The van der Waals surface area contributed by atoms with Crippen molar-refractivity contribution in [1.82, 2.24) is 9.97 Å². The van der Waals surface area contributed by atoms with Crippen LogP contribution in [0, 0.1) is 31.4 Å². The number of ether oxygens (including phenoxy) is 1. The Bertz CT molecular complexity index is 1420. The van der Waals surface area contributed by atoms with E-state index in [0.29, 0.717) is 30.2 Å². The number of aromatic nitrogens is 2. The van der Waals surface area contributed by atoms with Crippen molar-refractivity contribution in [3.05, 3.63) is 114 Å². The summed E-state index contributed by atoms with van der Waals surface area (Å²) < 4.78 is 42.3. The van der Waals surface area contributed by atoms with Gasteiger partial charge >= 0.3 is 0 Å². The molecule has 3 aromatic carbocycles. The molecule has 208 valence electrons. The molecule has 0 saturated heterocycles. The summed E-state index contributed by atoms with van der Waals surface area (Å²) >= 11 is 0. The Morgan fingerprint density at radius 2 is 1.48 bits per heavy atom. The van der Waals surface area contributed by atoms with Crippen LogP contribution < -0.4 is 15.1 Å². The first-order chi connectivity index (χ1) is 19.0. The number of rotatable bonds is 9. The average Bonchev–Trinajstić information content (AvgIpc) is 3.63. The molecular formula is C33H36F2N2O2Si. The van der Waals surface area contributed by atoms with Crippen LogP contribution in [0.5, 0.6) is 5.75 Å². The van der Waals surface area contributed by atoms with Crippen LogP contribution in [0.25, 0.3) is 0 Å². The van der Waals surface area contributed by atoms with Crippen LogP contribution in [0.4, 0.5) is 8.78 Å². The zero-order valence-corrected chi connectivity index (χ0v) is 24.7. The SMILES string of the molecule is Cc1ncc(OC[C@@]2(c3cc(F)cc(F)c3)C[C@H]2CO[Si](c2ccccc2)(c2ccccc2)C(C)(C)C)c(C)n1. The fourth-order valence-corrected chi connectivity index (χ4v) is 10.6. The van der Waals surface area contributed by atoms with Gasteiger partial charge < -0.3 is 9.16 Å². The van der Waals surface area contributed by atoms with Crippen LogP contribution in [0.15, 0.2) is 85.1 Å². The molecule has 0 amide bonds. The summed E-state index contributed by atoms with van der Waals surface area (Å²) in [5.41, 5.74) is 0.728. The maximum Gasteiger partial charge on any atom is 0.261 e. The van der Waals surface area contributed by atoms with E-state index >= 15 is 0 Å². The predicted molar refractivity (Wildman–Crippen MR) is 157 cm³/mol. The monoisotopic (exact) mass is 558 g/mol. The molecule has 0 aliphatic heterocycles. The van der Waals surface area contributed by atoms with Crippen molar-refractivity contribution in [2.45, 2.75) is 51.5 Å². The van der Waals surface area contributed by atoms with E-state index in [1.165, 1.54) is 22.5 Å². The van der Waals surface area contributed by atoms with E-state index in [0.717, 1.165) is 11.8 Å². The van der Waals surface area contributed by atoms with Gasteiger partial charge in [-0.3, -0.25) is 0 Å². The van der Waals surface area contributed by atoms with E-state index < -0.39 is 25.4 Å². The summed E-state index contributed by atoms with van der Waals surface area (Å²) in [5.74, 6) is 0.0581. The lowest BCUT2D eigenvalue weighted by atomic mass is 9.94. The quantitative estimate of drug-likeness (QED) is 0.227. The highest BCUT2D eigenvalue weighted by Crippen LogP contribution is 2.55. The lowest BCUT2D eigenvalue weighted by molar-refractivity contribution is 0.228. The summed E-state index contributed by atoms with van der Waals surface area (Å²) in [6, 6.07) is 24.7. The molecule has 1 aromatic heterocycles. The predicted octanol–water partition coefficient (Wildman–Crippen LogP) is 6.28. The third-order valence-corrected chi connectivity index (χ3v) is 13.1. The van der Waals surface area contributed by atoms with E-state index in [9.17, 15) is 8.78 Å². The third-order valence-electron chi connectivity index (χ3n) is 8.13. The average molecular weight is 559 g/mol. The van der Waals surface area contributed by atoms with E-state index in [4.69, 9.17) is 9.16 Å². The van der Waals surface area contributed by atoms with Gasteiger partial charge in [0, 0.05) is 18.1 Å². The number of halogens is 2. The van der Waals surface area contributed by atoms with Crippen molar-refractivity contribution < 1.29 is 17.9 Å². The molecular weight excluding hydrogens is 522 g/mol. The summed E-state index contributed by atoms with van der Waals surface area (Å²) in [6.07, 6.45) is 2.35. The second kappa shape index (κ2) is 10.9. The van der Waals surface area contributed by atoms with Crippen molar-refractivity contribution in [3.8, 4) is 5.75 Å². The minimum atomic E-state index is -2.77. The summed E-state index contributed by atoms with van der Waals surface area (Å²) in [4.78, 5) is 8.67. The summed E-state index contributed by atoms with van der Waals surface area (Å²) in [7, 11) is -2.77. The van der Waals surface area contributed by atoms with Crippen LogP contribution in [0.2, 0.25) is 5.04 Å². The molecule has 5 rings (SSSR count). The summed E-state index contributed by atoms with van der Waals surface area (Å²) in [6.45, 7) is 11.1. The van der Waals surface area contributed by atoms with Gasteiger partial charge in [-0.25, -0.2) is 18.7 Å². The van der Waals surface area contributed by atoms with Gasteiger partial charge in [0.15, 0.2) is 5.75 Å². The molecule has 0 N–H and O–H groups in total. The second-order valence-corrected chi connectivity index (χ2v) is 16.2. The molecule has 4 nitrogen and oxygen atoms in total. The Balaban J connectivity index is 1.50. The number of hydrogen-bond acceptors (Lipinski definition) is 4. The standard InChI is InChI=1S/C33H36F2N2O2Si/c1-23-31(20-36-24(2)37-23)38-22-33(25-16-27(34)18-28(35)17-25)19-26(33)21-39-40(32(3,4)5,29-12-8-6-9-13-29)30-14-10-7-11-15-30/h6-18,20,26H,19,21-22H2,1-5H3/t26-,33+/m0/s1. The Kier molecular flexibility index (Phi) is 7.64. The van der Waals surface area contributed by atoms with Gasteiger partial charge in [0.1, 0.15) is 17.5 Å². The Morgan fingerprint density at radius 3 is 2.00 bits per heavy atom. The molecule has 0 spiro atoms. The molecule has 4 aromatic rings. The van der Waals surface area contributed by atoms with Gasteiger partial charge in [-0.05, 0) is 59.3 Å². The number of aryl methyl sites for hydroxylation is 2. The van der Waals surface area contributed by atoms with Crippen LogP contribution in [-0.2, 0) is 9.84 Å². The summed E-state index contributed by atoms with van der Waals surface area (Å²) in [5, 5.41) is 2.21. The number of hydrogen-bond donors (Lipinski definition) is 0. The second-order valence-electron chi connectivity index (χ2n) is 11.8. The third kappa shape index (κ3) is 5.32. The fraction of sp³-hybridized carbons (Fsp3) is 0.333. The fourth-order valence-electron chi connectivity index (χ4n) is 5.96. The van der Waals surface area contributed by atoms with Crippen LogP contribution in [-0.4, -0.2) is 31.5 Å². The highest BCUT2D eigenvalue weighted by Gasteiger charge is 2.58. The molecule has 40 heavy (non-hydrogen) atoms. The first-order valence-electron chi connectivity index (χ1n) is 13.7. The normalized spacial score (nSPS) is 18.9. The molecule has 1 fully saturated rings. The Morgan fingerprint density at radius 1 is 0.900 bits per heavy atom. The van der Waals surface area contributed by atoms with Crippen molar-refractivity contribution in [3.63, 3.8) is 0 Å². The highest BCUT2D eigenvalue weighted by molar-refractivity contribution is 6.99. The maximum atomic E-state index is 14.4. The van der Waals surface area contributed by atoms with Gasteiger partial charge in [0.25, 0.3) is 8.32 Å². The lowest BCUT2D eigenvalue weighted by Gasteiger charge is -2.43. The topological polar surface area (TPSA) is 44.2 Å². The molecule has 0 unspecified atom stereocenters. The molecule has 1 aliphatic rings. The van der Waals surface area contributed by atoms with Crippen molar-refractivity contribution in [1.29, 1.82) is 0 Å². The molecule has 1 saturated carbocycles. The first kappa shape index (κ1) is 28.1. The molecule has 0 bridgehead atoms. The van der Waals surface area contributed by atoms with Gasteiger partial charge in [-0.2, -0.15) is 0 Å². The number of benzene rings is 3. The zero-order chi connectivity index (χ0) is 28.5. The van der Waals surface area contributed by atoms with Gasteiger partial charge in [0.05, 0.1) is 18.5 Å². The van der Waals surface area contributed by atoms with E-state index in [1.807, 2.05) is 26.0 Å². The van der Waals surface area contributed by atoms with Crippen LogP contribution in [0.3, 0.4) is 0 Å². The van der Waals surface area contributed by atoms with E-state index in [1.54, 1.807) is 6.20 Å². The zero-order valence-electron chi connectivity index (χ0n) is 23.7.